The van der Waals surface area contributed by atoms with Gasteiger partial charge >= 0.3 is 0 Å². The fraction of sp³-hybridized carbons (Fsp3) is 0.625. The smallest absolute Gasteiger partial charge is 0.255 e. The number of hydrogen-bond donors (Lipinski definition) is 1. The number of rotatable bonds is 2. The van der Waals surface area contributed by atoms with E-state index in [2.05, 4.69) is 15.2 Å². The highest BCUT2D eigenvalue weighted by atomic mass is 35.5. The number of halogens is 1. The number of anilines is 1. The molecule has 1 N–H and O–H groups in total. The first-order chi connectivity index (χ1) is 10.2. The Morgan fingerprint density at radius 3 is 2.90 bits per heavy atom. The summed E-state index contributed by atoms with van der Waals surface area (Å²) >= 11 is 6.20. The fourth-order valence-electron chi connectivity index (χ4n) is 3.77. The van der Waals surface area contributed by atoms with E-state index in [1.54, 1.807) is 19.3 Å². The van der Waals surface area contributed by atoms with Gasteiger partial charge in [-0.15, -0.1) is 0 Å². The van der Waals surface area contributed by atoms with E-state index in [0.29, 0.717) is 28.4 Å². The van der Waals surface area contributed by atoms with E-state index in [1.165, 1.54) is 25.7 Å². The predicted molar refractivity (Wildman–Crippen MR) is 84.8 cm³/mol. The van der Waals surface area contributed by atoms with Gasteiger partial charge in [0.15, 0.2) is 0 Å². The van der Waals surface area contributed by atoms with Crippen molar-refractivity contribution in [2.45, 2.75) is 44.6 Å². The number of amides is 1. The summed E-state index contributed by atoms with van der Waals surface area (Å²) in [4.78, 5) is 19.1. The Labute approximate surface area is 130 Å². The van der Waals surface area contributed by atoms with Crippen molar-refractivity contribution in [3.63, 3.8) is 0 Å². The number of aromatic nitrogens is 1. The van der Waals surface area contributed by atoms with Crippen molar-refractivity contribution in [3.8, 4) is 0 Å². The van der Waals surface area contributed by atoms with Crippen LogP contribution in [-0.2, 0) is 0 Å². The number of piperidine rings is 1. The molecular weight excluding hydrogens is 286 g/mol. The van der Waals surface area contributed by atoms with Crippen LogP contribution in [0.25, 0.3) is 0 Å². The second-order valence-corrected chi connectivity index (χ2v) is 6.46. The first-order valence-corrected chi connectivity index (χ1v) is 8.23. The second kappa shape index (κ2) is 6.22. The van der Waals surface area contributed by atoms with Crippen LogP contribution in [-0.4, -0.2) is 35.4 Å². The molecule has 1 aromatic rings. The number of carbonyl (C=O) groups is 1. The van der Waals surface area contributed by atoms with Crippen molar-refractivity contribution in [2.75, 3.05) is 18.9 Å². The molecule has 3 rings (SSSR count). The van der Waals surface area contributed by atoms with E-state index in [0.717, 1.165) is 19.4 Å². The van der Waals surface area contributed by atoms with Crippen LogP contribution < -0.4 is 5.32 Å². The molecule has 0 spiro atoms. The quantitative estimate of drug-likeness (QED) is 0.908. The molecule has 1 aliphatic heterocycles. The molecule has 2 fully saturated rings. The lowest BCUT2D eigenvalue weighted by atomic mass is 9.78. The molecule has 21 heavy (non-hydrogen) atoms. The van der Waals surface area contributed by atoms with Crippen LogP contribution in [0.5, 0.6) is 0 Å². The van der Waals surface area contributed by atoms with Crippen LogP contribution in [0.4, 0.5) is 5.82 Å². The summed E-state index contributed by atoms with van der Waals surface area (Å²) in [5, 5.41) is 3.41. The summed E-state index contributed by atoms with van der Waals surface area (Å²) in [6, 6.07) is 2.17. The van der Waals surface area contributed by atoms with Crippen molar-refractivity contribution >= 4 is 23.3 Å². The second-order valence-electron chi connectivity index (χ2n) is 6.05. The van der Waals surface area contributed by atoms with Crippen LogP contribution in [0.1, 0.15) is 48.9 Å². The molecule has 1 amide bonds. The maximum atomic E-state index is 12.9. The van der Waals surface area contributed by atoms with Gasteiger partial charge in [-0.25, -0.2) is 4.98 Å². The van der Waals surface area contributed by atoms with E-state index in [-0.39, 0.29) is 5.91 Å². The van der Waals surface area contributed by atoms with E-state index < -0.39 is 0 Å². The molecular formula is C16H22ClN3O. The van der Waals surface area contributed by atoms with Gasteiger partial charge in [0.05, 0.1) is 10.6 Å². The van der Waals surface area contributed by atoms with Crippen LogP contribution in [0.2, 0.25) is 5.02 Å². The van der Waals surface area contributed by atoms with Crippen LogP contribution in [0.3, 0.4) is 0 Å². The lowest BCUT2D eigenvalue weighted by Gasteiger charge is -2.44. The number of pyridine rings is 1. The number of carbonyl (C=O) groups excluding carboxylic acids is 1. The lowest BCUT2D eigenvalue weighted by Crippen LogP contribution is -2.49. The van der Waals surface area contributed by atoms with Crippen LogP contribution >= 0.6 is 11.6 Å². The zero-order valence-corrected chi connectivity index (χ0v) is 13.2. The Bertz CT molecular complexity index is 532. The van der Waals surface area contributed by atoms with Gasteiger partial charge in [-0.2, -0.15) is 0 Å². The van der Waals surface area contributed by atoms with E-state index in [9.17, 15) is 4.79 Å². The predicted octanol–water partition coefficient (Wildman–Crippen LogP) is 3.57. The zero-order chi connectivity index (χ0) is 14.8. The fourth-order valence-corrected chi connectivity index (χ4v) is 3.96. The minimum atomic E-state index is 0.0653. The number of likely N-dealkylation sites (tertiary alicyclic amines) is 1. The summed E-state index contributed by atoms with van der Waals surface area (Å²) < 4.78 is 0. The average Bonchev–Trinajstić information content (AvgIpc) is 2.54. The first-order valence-electron chi connectivity index (χ1n) is 7.85. The molecule has 4 nitrogen and oxygen atoms in total. The molecule has 1 aromatic heterocycles. The van der Waals surface area contributed by atoms with Gasteiger partial charge in [-0.1, -0.05) is 24.4 Å². The van der Waals surface area contributed by atoms with Gasteiger partial charge in [0.25, 0.3) is 5.91 Å². The third-order valence-corrected chi connectivity index (χ3v) is 5.15. The molecule has 5 heteroatoms. The summed E-state index contributed by atoms with van der Waals surface area (Å²) in [6.07, 6.45) is 8.87. The SMILES string of the molecule is CNc1cc(C(=O)N2CCCC3CCCCC32)c(Cl)cn1. The van der Waals surface area contributed by atoms with Gasteiger partial charge in [-0.3, -0.25) is 4.79 Å². The molecule has 0 aromatic carbocycles. The molecule has 2 atom stereocenters. The summed E-state index contributed by atoms with van der Waals surface area (Å²) in [5.74, 6) is 1.43. The van der Waals surface area contributed by atoms with E-state index in [4.69, 9.17) is 11.6 Å². The Hall–Kier alpha value is -1.29. The number of nitrogens with zero attached hydrogens (tertiary/aromatic N) is 2. The molecule has 2 aliphatic rings. The van der Waals surface area contributed by atoms with E-state index in [1.807, 2.05) is 0 Å². The Kier molecular flexibility index (Phi) is 4.34. The monoisotopic (exact) mass is 307 g/mol. The van der Waals surface area contributed by atoms with Crippen molar-refractivity contribution in [3.05, 3.63) is 22.8 Å². The zero-order valence-electron chi connectivity index (χ0n) is 12.4. The molecule has 0 bridgehead atoms. The highest BCUT2D eigenvalue weighted by Gasteiger charge is 2.36. The van der Waals surface area contributed by atoms with Crippen LogP contribution in [0.15, 0.2) is 12.3 Å². The van der Waals surface area contributed by atoms with Crippen molar-refractivity contribution < 1.29 is 4.79 Å². The van der Waals surface area contributed by atoms with Crippen molar-refractivity contribution in [1.82, 2.24) is 9.88 Å². The molecule has 1 saturated heterocycles. The number of hydrogen-bond acceptors (Lipinski definition) is 3. The van der Waals surface area contributed by atoms with Gasteiger partial charge in [0, 0.05) is 25.8 Å². The summed E-state index contributed by atoms with van der Waals surface area (Å²) in [5.41, 5.74) is 0.572. The highest BCUT2D eigenvalue weighted by Crippen LogP contribution is 2.36. The van der Waals surface area contributed by atoms with E-state index >= 15 is 0 Å². The Balaban J connectivity index is 1.86. The number of nitrogens with one attached hydrogen (secondary N) is 1. The number of fused-ring (bicyclic) bond motifs is 1. The first kappa shape index (κ1) is 14.6. The average molecular weight is 308 g/mol. The largest absolute Gasteiger partial charge is 0.373 e. The topological polar surface area (TPSA) is 45.2 Å². The molecule has 1 aliphatic carbocycles. The van der Waals surface area contributed by atoms with Crippen molar-refractivity contribution in [2.24, 2.45) is 5.92 Å². The van der Waals surface area contributed by atoms with Gasteiger partial charge < -0.3 is 10.2 Å². The standard InChI is InChI=1S/C16H22ClN3O/c1-18-15-9-12(13(17)10-19-15)16(21)20-8-4-6-11-5-2-3-7-14(11)20/h9-11,14H,2-8H2,1H3,(H,18,19). The van der Waals surface area contributed by atoms with Crippen molar-refractivity contribution in [1.29, 1.82) is 0 Å². The Morgan fingerprint density at radius 2 is 2.10 bits per heavy atom. The minimum Gasteiger partial charge on any atom is -0.373 e. The molecule has 2 heterocycles. The summed E-state index contributed by atoms with van der Waals surface area (Å²) in [7, 11) is 1.79. The van der Waals surface area contributed by atoms with Gasteiger partial charge in [0.1, 0.15) is 5.82 Å². The highest BCUT2D eigenvalue weighted by molar-refractivity contribution is 6.33. The minimum absolute atomic E-state index is 0.0653. The molecule has 1 saturated carbocycles. The third kappa shape index (κ3) is 2.86. The maximum absolute atomic E-state index is 12.9. The third-order valence-electron chi connectivity index (χ3n) is 4.85. The molecule has 0 radical (unpaired) electrons. The normalized spacial score (nSPS) is 25.3. The molecule has 2 unspecified atom stereocenters. The summed E-state index contributed by atoms with van der Waals surface area (Å²) in [6.45, 7) is 0.855. The molecule has 114 valence electrons. The van der Waals surface area contributed by atoms with Crippen LogP contribution in [0, 0.1) is 5.92 Å². The maximum Gasteiger partial charge on any atom is 0.255 e. The Morgan fingerprint density at radius 1 is 1.33 bits per heavy atom. The van der Waals surface area contributed by atoms with Gasteiger partial charge in [0.2, 0.25) is 0 Å². The van der Waals surface area contributed by atoms with Gasteiger partial charge in [-0.05, 0) is 37.7 Å². The lowest BCUT2D eigenvalue weighted by molar-refractivity contribution is 0.0391.